The molecule has 2 fully saturated rings. The number of piperidine rings is 2. The topological polar surface area (TPSA) is 97.4 Å². The van der Waals surface area contributed by atoms with E-state index in [9.17, 15) is 9.59 Å². The van der Waals surface area contributed by atoms with Crippen LogP contribution < -0.4 is 0 Å². The minimum atomic E-state index is -0.367. The molecule has 1 unspecified atom stereocenters. The fourth-order valence-electron chi connectivity index (χ4n) is 4.58. The number of carbonyl (C=O) groups excluding carboxylic acids is 2. The second-order valence-electron chi connectivity index (χ2n) is 9.86. The van der Waals surface area contributed by atoms with Crippen molar-refractivity contribution in [2.75, 3.05) is 19.6 Å². The van der Waals surface area contributed by atoms with E-state index in [0.717, 1.165) is 38.6 Å². The van der Waals surface area contributed by atoms with Crippen molar-refractivity contribution in [3.05, 3.63) is 29.7 Å². The fourth-order valence-corrected chi connectivity index (χ4v) is 4.58. The van der Waals surface area contributed by atoms with Gasteiger partial charge in [-0.2, -0.15) is 5.10 Å². The summed E-state index contributed by atoms with van der Waals surface area (Å²) in [7, 11) is 0. The van der Waals surface area contributed by atoms with Gasteiger partial charge in [0.2, 0.25) is 17.7 Å². The summed E-state index contributed by atoms with van der Waals surface area (Å²) in [6.07, 6.45) is 6.23. The lowest BCUT2D eigenvalue weighted by molar-refractivity contribution is -0.140. The molecular weight excluding hydrogens is 408 g/mol. The summed E-state index contributed by atoms with van der Waals surface area (Å²) in [4.78, 5) is 29.4. The van der Waals surface area contributed by atoms with E-state index in [2.05, 4.69) is 15.3 Å². The van der Waals surface area contributed by atoms with Crippen molar-refractivity contribution in [1.29, 1.82) is 0 Å². The van der Waals surface area contributed by atoms with Crippen molar-refractivity contribution in [1.82, 2.24) is 29.8 Å². The number of hydrogen-bond donors (Lipinski definition) is 0. The van der Waals surface area contributed by atoms with E-state index in [0.29, 0.717) is 37.1 Å². The molecule has 0 saturated carbocycles. The molecule has 0 bridgehead atoms. The van der Waals surface area contributed by atoms with Gasteiger partial charge in [0, 0.05) is 43.7 Å². The van der Waals surface area contributed by atoms with Gasteiger partial charge in [0.05, 0.1) is 0 Å². The summed E-state index contributed by atoms with van der Waals surface area (Å²) in [6.45, 7) is 10.6. The van der Waals surface area contributed by atoms with Gasteiger partial charge in [0.25, 0.3) is 5.91 Å². The zero-order chi connectivity index (χ0) is 22.9. The number of carbonyl (C=O) groups is 2. The molecule has 0 aromatic carbocycles. The minimum Gasteiger partial charge on any atom is -0.423 e. The molecule has 0 spiro atoms. The van der Waals surface area contributed by atoms with Crippen LogP contribution in [0.4, 0.5) is 0 Å². The van der Waals surface area contributed by atoms with Crippen LogP contribution in [0.15, 0.2) is 16.7 Å². The van der Waals surface area contributed by atoms with Crippen molar-refractivity contribution in [2.24, 2.45) is 5.41 Å². The highest BCUT2D eigenvalue weighted by Crippen LogP contribution is 2.34. The Hall–Kier alpha value is -2.71. The summed E-state index contributed by atoms with van der Waals surface area (Å²) >= 11 is 0. The lowest BCUT2D eigenvalue weighted by atomic mass is 9.91. The molecule has 32 heavy (non-hydrogen) atoms. The normalized spacial score (nSPS) is 20.6. The number of aryl methyl sites for hydroxylation is 1. The number of amides is 2. The third kappa shape index (κ3) is 4.56. The van der Waals surface area contributed by atoms with Gasteiger partial charge < -0.3 is 14.2 Å². The van der Waals surface area contributed by atoms with E-state index in [1.54, 1.807) is 10.7 Å². The lowest BCUT2D eigenvalue weighted by Crippen LogP contribution is -2.43. The Balaban J connectivity index is 1.44. The third-order valence-electron chi connectivity index (χ3n) is 6.46. The van der Waals surface area contributed by atoms with Crippen molar-refractivity contribution in [3.8, 4) is 0 Å². The molecule has 4 heterocycles. The maximum Gasteiger partial charge on any atom is 0.275 e. The van der Waals surface area contributed by atoms with Crippen LogP contribution in [-0.2, 0) is 11.3 Å². The van der Waals surface area contributed by atoms with Crippen molar-refractivity contribution < 1.29 is 14.0 Å². The molecule has 4 rings (SSSR count). The molecule has 9 nitrogen and oxygen atoms in total. The van der Waals surface area contributed by atoms with E-state index in [1.807, 2.05) is 43.7 Å². The van der Waals surface area contributed by atoms with Gasteiger partial charge in [0.1, 0.15) is 11.7 Å². The van der Waals surface area contributed by atoms with Crippen LogP contribution in [0.2, 0.25) is 0 Å². The maximum absolute atomic E-state index is 13.1. The number of nitrogens with zero attached hydrogens (tertiary/aromatic N) is 6. The smallest absolute Gasteiger partial charge is 0.275 e. The van der Waals surface area contributed by atoms with Crippen molar-refractivity contribution in [2.45, 2.75) is 78.3 Å². The predicted octanol–water partition coefficient (Wildman–Crippen LogP) is 3.41. The quantitative estimate of drug-likeness (QED) is 0.720. The summed E-state index contributed by atoms with van der Waals surface area (Å²) < 4.78 is 7.88. The van der Waals surface area contributed by atoms with Gasteiger partial charge >= 0.3 is 0 Å². The Morgan fingerprint density at radius 2 is 1.78 bits per heavy atom. The number of likely N-dealkylation sites (tertiary alicyclic amines) is 2. The minimum absolute atomic E-state index is 0.0874. The van der Waals surface area contributed by atoms with Gasteiger partial charge in [-0.15, -0.1) is 10.2 Å². The molecule has 0 radical (unpaired) electrons. The summed E-state index contributed by atoms with van der Waals surface area (Å²) in [5, 5.41) is 13.1. The molecule has 9 heteroatoms. The molecular formula is C23H34N6O3. The average Bonchev–Trinajstić information content (AvgIpc) is 3.47. The molecule has 0 N–H and O–H groups in total. The van der Waals surface area contributed by atoms with Crippen LogP contribution in [0.5, 0.6) is 0 Å². The highest BCUT2D eigenvalue weighted by Gasteiger charge is 2.36. The summed E-state index contributed by atoms with van der Waals surface area (Å²) in [6, 6.07) is 1.55. The highest BCUT2D eigenvalue weighted by atomic mass is 16.4. The first-order valence-corrected chi connectivity index (χ1v) is 11.7. The first-order valence-electron chi connectivity index (χ1n) is 11.7. The molecule has 2 saturated heterocycles. The molecule has 2 aromatic heterocycles. The van der Waals surface area contributed by atoms with E-state index in [1.165, 1.54) is 0 Å². The second kappa shape index (κ2) is 9.03. The Bertz CT molecular complexity index is 951. The zero-order valence-corrected chi connectivity index (χ0v) is 19.6. The highest BCUT2D eigenvalue weighted by molar-refractivity contribution is 5.92. The van der Waals surface area contributed by atoms with E-state index >= 15 is 0 Å². The number of aromatic nitrogens is 4. The van der Waals surface area contributed by atoms with Gasteiger partial charge in [0.15, 0.2) is 0 Å². The summed E-state index contributed by atoms with van der Waals surface area (Å²) in [5.74, 6) is 1.38. The molecule has 174 valence electrons. The molecule has 2 aliphatic heterocycles. The van der Waals surface area contributed by atoms with Crippen LogP contribution in [0.3, 0.4) is 0 Å². The molecule has 0 aliphatic carbocycles. The lowest BCUT2D eigenvalue weighted by Gasteiger charge is -2.35. The molecule has 2 aromatic rings. The largest absolute Gasteiger partial charge is 0.423 e. The van der Waals surface area contributed by atoms with Gasteiger partial charge in [-0.25, -0.2) is 0 Å². The standard InChI is InChI=1S/C23H34N6O3/c1-5-28-15-11-17(26-28)21(30)29-12-7-6-8-18(29)20-25-24-19(32-20)16-9-13-27(14-10-16)22(31)23(2,3)4/h11,15-16,18H,5-10,12-14H2,1-4H3. The van der Waals surface area contributed by atoms with Crippen LogP contribution >= 0.6 is 0 Å². The van der Waals surface area contributed by atoms with Gasteiger partial charge in [-0.05, 0) is 45.1 Å². The van der Waals surface area contributed by atoms with Crippen LogP contribution in [0.25, 0.3) is 0 Å². The Labute approximate surface area is 189 Å². The second-order valence-corrected chi connectivity index (χ2v) is 9.86. The molecule has 2 amide bonds. The van der Waals surface area contributed by atoms with Gasteiger partial charge in [-0.1, -0.05) is 20.8 Å². The fraction of sp³-hybridized carbons (Fsp3) is 0.696. The number of rotatable bonds is 4. The van der Waals surface area contributed by atoms with Crippen LogP contribution in [-0.4, -0.2) is 61.2 Å². The SMILES string of the molecule is CCn1ccc(C(=O)N2CCCCC2c2nnc(C3CCN(C(=O)C(C)(C)C)CC3)o2)n1. The van der Waals surface area contributed by atoms with E-state index < -0.39 is 0 Å². The van der Waals surface area contributed by atoms with E-state index in [-0.39, 0.29) is 29.2 Å². The van der Waals surface area contributed by atoms with Crippen molar-refractivity contribution >= 4 is 11.8 Å². The van der Waals surface area contributed by atoms with Crippen LogP contribution in [0, 0.1) is 5.41 Å². The molecule has 1 atom stereocenters. The van der Waals surface area contributed by atoms with E-state index in [4.69, 9.17) is 4.42 Å². The first-order chi connectivity index (χ1) is 15.3. The Kier molecular flexibility index (Phi) is 6.35. The first kappa shape index (κ1) is 22.5. The van der Waals surface area contributed by atoms with Crippen LogP contribution in [0.1, 0.15) is 94.0 Å². The molecule has 2 aliphatic rings. The maximum atomic E-state index is 13.1. The third-order valence-corrected chi connectivity index (χ3v) is 6.46. The summed E-state index contributed by atoms with van der Waals surface area (Å²) in [5.41, 5.74) is 0.0865. The monoisotopic (exact) mass is 442 g/mol. The Morgan fingerprint density at radius 1 is 1.06 bits per heavy atom. The van der Waals surface area contributed by atoms with Gasteiger partial charge in [-0.3, -0.25) is 14.3 Å². The van der Waals surface area contributed by atoms with Crippen molar-refractivity contribution in [3.63, 3.8) is 0 Å². The number of hydrogen-bond acceptors (Lipinski definition) is 6. The predicted molar refractivity (Wildman–Crippen MR) is 118 cm³/mol. The zero-order valence-electron chi connectivity index (χ0n) is 19.6. The Morgan fingerprint density at radius 3 is 2.44 bits per heavy atom. The average molecular weight is 443 g/mol.